The Morgan fingerprint density at radius 2 is 1.88 bits per heavy atom. The normalized spacial score (nSPS) is 14.8. The molecule has 1 aliphatic rings. The fourth-order valence-electron chi connectivity index (χ4n) is 4.84. The lowest BCUT2D eigenvalue weighted by Gasteiger charge is -2.34. The van der Waals surface area contributed by atoms with Crippen molar-refractivity contribution in [2.45, 2.75) is 37.5 Å². The predicted octanol–water partition coefficient (Wildman–Crippen LogP) is 6.49. The lowest BCUT2D eigenvalue weighted by atomic mass is 9.82. The van der Waals surface area contributed by atoms with Crippen molar-refractivity contribution >= 4 is 11.6 Å². The van der Waals surface area contributed by atoms with E-state index < -0.39 is 23.4 Å². The van der Waals surface area contributed by atoms with Crippen LogP contribution in [0.5, 0.6) is 0 Å². The van der Waals surface area contributed by atoms with E-state index in [1.807, 2.05) is 24.3 Å². The molecule has 2 heterocycles. The molecule has 5 rings (SSSR count). The van der Waals surface area contributed by atoms with Crippen molar-refractivity contribution in [1.29, 1.82) is 5.26 Å². The van der Waals surface area contributed by atoms with Crippen molar-refractivity contribution in [3.05, 3.63) is 107 Å². The number of rotatable bonds is 9. The molecule has 1 amide bonds. The summed E-state index contributed by atoms with van der Waals surface area (Å²) in [6, 6.07) is 19.4. The van der Waals surface area contributed by atoms with Gasteiger partial charge in [-0.25, -0.2) is 4.68 Å². The summed E-state index contributed by atoms with van der Waals surface area (Å²) in [7, 11) is 1.64. The van der Waals surface area contributed by atoms with Crippen molar-refractivity contribution in [1.82, 2.24) is 14.8 Å². The molecule has 1 N–H and O–H groups in total. The van der Waals surface area contributed by atoms with Gasteiger partial charge >= 0.3 is 6.18 Å². The molecule has 40 heavy (non-hydrogen) atoms. The SMILES string of the molecule is COC(CCC1CC1)(c1cccnc1)c1cccc(NC(=O)c2cc(C(F)(F)F)nn2-c2cccc(C#N)c2)c1. The van der Waals surface area contributed by atoms with E-state index in [0.29, 0.717) is 24.1 Å². The monoisotopic (exact) mass is 545 g/mol. The van der Waals surface area contributed by atoms with Crippen LogP contribution in [0.2, 0.25) is 0 Å². The summed E-state index contributed by atoms with van der Waals surface area (Å²) in [5, 5.41) is 15.6. The van der Waals surface area contributed by atoms with Crippen molar-refractivity contribution in [3.8, 4) is 11.8 Å². The van der Waals surface area contributed by atoms with Gasteiger partial charge in [0.15, 0.2) is 5.69 Å². The van der Waals surface area contributed by atoms with Gasteiger partial charge in [0.05, 0.1) is 17.3 Å². The highest BCUT2D eigenvalue weighted by atomic mass is 19.4. The summed E-state index contributed by atoms with van der Waals surface area (Å²) in [4.78, 5) is 17.7. The van der Waals surface area contributed by atoms with Crippen LogP contribution in [0, 0.1) is 17.2 Å². The van der Waals surface area contributed by atoms with Crippen molar-refractivity contribution < 1.29 is 22.7 Å². The maximum Gasteiger partial charge on any atom is 0.435 e. The number of benzene rings is 2. The number of anilines is 1. The minimum Gasteiger partial charge on any atom is -0.369 e. The third-order valence-electron chi connectivity index (χ3n) is 7.12. The Labute approximate surface area is 229 Å². The lowest BCUT2D eigenvalue weighted by Crippen LogP contribution is -2.30. The van der Waals surface area contributed by atoms with Gasteiger partial charge in [0, 0.05) is 36.8 Å². The van der Waals surface area contributed by atoms with E-state index in [9.17, 15) is 23.2 Å². The van der Waals surface area contributed by atoms with E-state index in [2.05, 4.69) is 15.4 Å². The van der Waals surface area contributed by atoms with Crippen molar-refractivity contribution in [3.63, 3.8) is 0 Å². The minimum absolute atomic E-state index is 0.156. The van der Waals surface area contributed by atoms with Gasteiger partial charge in [0.2, 0.25) is 0 Å². The van der Waals surface area contributed by atoms with Gasteiger partial charge in [-0.15, -0.1) is 0 Å². The van der Waals surface area contributed by atoms with Crippen molar-refractivity contribution in [2.75, 3.05) is 12.4 Å². The van der Waals surface area contributed by atoms with Crippen molar-refractivity contribution in [2.24, 2.45) is 5.92 Å². The molecule has 7 nitrogen and oxygen atoms in total. The first-order chi connectivity index (χ1) is 19.2. The molecule has 0 aliphatic heterocycles. The predicted molar refractivity (Wildman–Crippen MR) is 142 cm³/mol. The summed E-state index contributed by atoms with van der Waals surface area (Å²) in [6.07, 6.45) is 2.72. The zero-order valence-corrected chi connectivity index (χ0v) is 21.7. The van der Waals surface area contributed by atoms with Crippen LogP contribution in [0.25, 0.3) is 5.69 Å². The Balaban J connectivity index is 1.50. The number of amides is 1. The highest BCUT2D eigenvalue weighted by Crippen LogP contribution is 2.43. The molecule has 2 aromatic heterocycles. The number of nitriles is 1. The van der Waals surface area contributed by atoms with Crippen LogP contribution >= 0.6 is 0 Å². The van der Waals surface area contributed by atoms with Gasteiger partial charge < -0.3 is 10.1 Å². The second-order valence-corrected chi connectivity index (χ2v) is 9.78. The van der Waals surface area contributed by atoms with E-state index in [1.165, 1.54) is 37.1 Å². The Kier molecular flexibility index (Phi) is 7.41. The molecular weight excluding hydrogens is 519 g/mol. The molecule has 1 saturated carbocycles. The Bertz CT molecular complexity index is 1560. The fourth-order valence-corrected chi connectivity index (χ4v) is 4.84. The van der Waals surface area contributed by atoms with E-state index in [-0.39, 0.29) is 16.9 Å². The van der Waals surface area contributed by atoms with Crippen LogP contribution in [0.15, 0.2) is 79.1 Å². The number of nitrogens with zero attached hydrogens (tertiary/aromatic N) is 4. The average molecular weight is 546 g/mol. The molecule has 1 aliphatic carbocycles. The molecule has 204 valence electrons. The minimum atomic E-state index is -4.77. The molecule has 0 saturated heterocycles. The van der Waals surface area contributed by atoms with Crippen LogP contribution in [0.3, 0.4) is 0 Å². The van der Waals surface area contributed by atoms with Gasteiger partial charge in [0.1, 0.15) is 11.3 Å². The molecule has 10 heteroatoms. The molecule has 0 bridgehead atoms. The number of hydrogen-bond acceptors (Lipinski definition) is 5. The quantitative estimate of drug-likeness (QED) is 0.260. The van der Waals surface area contributed by atoms with Crippen LogP contribution in [-0.4, -0.2) is 27.8 Å². The van der Waals surface area contributed by atoms with Gasteiger partial charge in [-0.2, -0.15) is 23.5 Å². The molecular formula is C30H26F3N5O2. The number of alkyl halides is 3. The second kappa shape index (κ2) is 10.9. The number of nitrogens with one attached hydrogen (secondary N) is 1. The van der Waals surface area contributed by atoms with Crippen LogP contribution in [-0.2, 0) is 16.5 Å². The molecule has 4 aromatic rings. The third-order valence-corrected chi connectivity index (χ3v) is 7.12. The number of halogens is 3. The molecule has 0 spiro atoms. The summed E-state index contributed by atoms with van der Waals surface area (Å²) in [6.45, 7) is 0. The van der Waals surface area contributed by atoms with Gasteiger partial charge in [-0.1, -0.05) is 37.1 Å². The summed E-state index contributed by atoms with van der Waals surface area (Å²) >= 11 is 0. The van der Waals surface area contributed by atoms with Gasteiger partial charge in [0.25, 0.3) is 5.91 Å². The molecule has 1 fully saturated rings. The van der Waals surface area contributed by atoms with Crippen LogP contribution < -0.4 is 5.32 Å². The van der Waals surface area contributed by atoms with Gasteiger partial charge in [-0.05, 0) is 60.7 Å². The number of carbonyl (C=O) groups is 1. The maximum atomic E-state index is 13.6. The summed E-state index contributed by atoms with van der Waals surface area (Å²) in [5.41, 5.74) is 0.0451. The second-order valence-electron chi connectivity index (χ2n) is 9.78. The van der Waals surface area contributed by atoms with E-state index in [4.69, 9.17) is 4.74 Å². The van der Waals surface area contributed by atoms with E-state index in [1.54, 1.807) is 37.7 Å². The number of aromatic nitrogens is 3. The number of methoxy groups -OCH3 is 1. The largest absolute Gasteiger partial charge is 0.435 e. The van der Waals surface area contributed by atoms with E-state index in [0.717, 1.165) is 22.2 Å². The lowest BCUT2D eigenvalue weighted by molar-refractivity contribution is -0.141. The Hall–Kier alpha value is -4.49. The molecule has 1 unspecified atom stereocenters. The highest BCUT2D eigenvalue weighted by Gasteiger charge is 2.38. The zero-order chi connectivity index (χ0) is 28.3. The molecule has 1 atom stereocenters. The first kappa shape index (κ1) is 27.1. The molecule has 2 aromatic carbocycles. The number of pyridine rings is 1. The number of ether oxygens (including phenoxy) is 1. The average Bonchev–Trinajstić information content (AvgIpc) is 3.68. The van der Waals surface area contributed by atoms with E-state index >= 15 is 0 Å². The van der Waals surface area contributed by atoms with Crippen LogP contribution in [0.1, 0.15) is 58.6 Å². The van der Waals surface area contributed by atoms with Gasteiger partial charge in [-0.3, -0.25) is 9.78 Å². The van der Waals surface area contributed by atoms with Crippen LogP contribution in [0.4, 0.5) is 18.9 Å². The summed E-state index contributed by atoms with van der Waals surface area (Å²) < 4.78 is 47.8. The topological polar surface area (TPSA) is 92.8 Å². The first-order valence-electron chi connectivity index (χ1n) is 12.8. The fraction of sp³-hybridized carbons (Fsp3) is 0.267. The summed E-state index contributed by atoms with van der Waals surface area (Å²) in [5.74, 6) is -0.137. The zero-order valence-electron chi connectivity index (χ0n) is 21.7. The third kappa shape index (κ3) is 5.60. The number of carbonyl (C=O) groups excluding carboxylic acids is 1. The molecule has 0 radical (unpaired) electrons. The maximum absolute atomic E-state index is 13.6. The first-order valence-corrected chi connectivity index (χ1v) is 12.8. The Morgan fingerprint density at radius 1 is 1.10 bits per heavy atom. The number of hydrogen-bond donors (Lipinski definition) is 1. The smallest absolute Gasteiger partial charge is 0.369 e. The highest BCUT2D eigenvalue weighted by molar-refractivity contribution is 6.03. The Morgan fingerprint density at radius 3 is 2.55 bits per heavy atom. The standard InChI is InChI=1S/C30H26F3N5O2/c1-40-29(13-12-20-10-11-20,23-7-4-14-35-19-23)22-6-3-8-24(16-22)36-28(39)26-17-27(30(31,32)33)37-38(26)25-9-2-5-21(15-25)18-34/h2-9,14-17,19-20H,10-13H2,1H3,(H,36,39).